The Balaban J connectivity index is 1.34. The molecule has 0 radical (unpaired) electrons. The van der Waals surface area contributed by atoms with Crippen molar-refractivity contribution >= 4 is 23.1 Å². The van der Waals surface area contributed by atoms with Gasteiger partial charge < -0.3 is 9.15 Å². The monoisotopic (exact) mass is 345 g/mol. The number of furan rings is 1. The predicted octanol–water partition coefficient (Wildman–Crippen LogP) is 3.84. The van der Waals surface area contributed by atoms with Crippen LogP contribution in [0, 0.1) is 17.8 Å². The summed E-state index contributed by atoms with van der Waals surface area (Å²) in [6.45, 7) is 0.176. The number of esters is 1. The van der Waals surface area contributed by atoms with Crippen molar-refractivity contribution < 1.29 is 18.7 Å². The third-order valence-electron chi connectivity index (χ3n) is 5.03. The molecule has 0 aliphatic heterocycles. The maximum absolute atomic E-state index is 12.4. The van der Waals surface area contributed by atoms with Gasteiger partial charge in [0.2, 0.25) is 0 Å². The maximum atomic E-state index is 12.4. The second kappa shape index (κ2) is 6.51. The van der Waals surface area contributed by atoms with E-state index in [0.717, 1.165) is 35.7 Å². The molecule has 2 saturated carbocycles. The number of Topliss-reactive ketones (excluding diaryl/α,β-unsaturated/α-hetero) is 1. The topological polar surface area (TPSA) is 69.4 Å². The number of ketones is 1. The zero-order chi connectivity index (χ0) is 16.5. The minimum absolute atomic E-state index is 0.0693. The Bertz CT molecular complexity index is 720. The normalized spacial score (nSPS) is 26.3. The third-order valence-corrected chi connectivity index (χ3v) is 5.93. The fourth-order valence-electron chi connectivity index (χ4n) is 3.82. The number of aromatic nitrogens is 1. The van der Waals surface area contributed by atoms with Gasteiger partial charge in [0.25, 0.3) is 0 Å². The van der Waals surface area contributed by atoms with Crippen molar-refractivity contribution in [2.75, 3.05) is 0 Å². The Morgan fingerprint density at radius 1 is 1.33 bits per heavy atom. The number of thiazole rings is 1. The molecule has 2 fully saturated rings. The first-order valence-corrected chi connectivity index (χ1v) is 9.27. The number of nitrogens with zero attached hydrogens (tertiary/aromatic N) is 1. The lowest BCUT2D eigenvalue weighted by molar-refractivity contribution is -0.154. The molecule has 2 aromatic heterocycles. The number of ether oxygens (including phenoxy) is 1. The van der Waals surface area contributed by atoms with Crippen molar-refractivity contribution in [1.29, 1.82) is 0 Å². The van der Waals surface area contributed by atoms with Gasteiger partial charge in [-0.25, -0.2) is 4.98 Å². The van der Waals surface area contributed by atoms with Crippen molar-refractivity contribution in [1.82, 2.24) is 4.98 Å². The Morgan fingerprint density at radius 3 is 2.83 bits per heavy atom. The van der Waals surface area contributed by atoms with Gasteiger partial charge in [0.05, 0.1) is 17.9 Å². The molecule has 6 heteroatoms. The number of hydrogen-bond acceptors (Lipinski definition) is 6. The van der Waals surface area contributed by atoms with Gasteiger partial charge in [-0.1, -0.05) is 6.42 Å². The lowest BCUT2D eigenvalue weighted by atomic mass is 9.67. The molecule has 2 aliphatic rings. The first kappa shape index (κ1) is 15.6. The lowest BCUT2D eigenvalue weighted by Gasteiger charge is -2.36. The molecule has 2 aliphatic carbocycles. The van der Waals surface area contributed by atoms with E-state index in [1.54, 1.807) is 6.26 Å². The van der Waals surface area contributed by atoms with Crippen molar-refractivity contribution in [3.63, 3.8) is 0 Å². The Kier molecular flexibility index (Phi) is 4.22. The van der Waals surface area contributed by atoms with E-state index in [1.807, 2.05) is 17.5 Å². The Labute approximate surface area is 144 Å². The van der Waals surface area contributed by atoms with Crippen LogP contribution in [-0.2, 0) is 20.9 Å². The molecule has 0 spiro atoms. The molecule has 2 unspecified atom stereocenters. The van der Waals surface area contributed by atoms with Crippen LogP contribution in [-0.4, -0.2) is 16.7 Å². The summed E-state index contributed by atoms with van der Waals surface area (Å²) >= 11 is 1.47. The quantitative estimate of drug-likeness (QED) is 0.788. The standard InChI is InChI=1S/C18H19NO4S/c20-16-11-3-1-4-12(16)8-13(7-11)18(21)23-9-14-10-24-17(19-14)15-5-2-6-22-15/h2,5-6,10-13H,1,3-4,7-9H2. The van der Waals surface area contributed by atoms with Crippen LogP contribution in [0.4, 0.5) is 0 Å². The summed E-state index contributed by atoms with van der Waals surface area (Å²) in [6, 6.07) is 3.67. The Morgan fingerprint density at radius 2 is 2.12 bits per heavy atom. The number of fused-ring (bicyclic) bond motifs is 2. The molecule has 2 heterocycles. The van der Waals surface area contributed by atoms with Crippen LogP contribution in [0.2, 0.25) is 0 Å². The molecule has 2 atom stereocenters. The van der Waals surface area contributed by atoms with E-state index in [2.05, 4.69) is 4.98 Å². The van der Waals surface area contributed by atoms with Crippen molar-refractivity contribution in [2.45, 2.75) is 38.7 Å². The van der Waals surface area contributed by atoms with E-state index in [4.69, 9.17) is 9.15 Å². The second-order valence-corrected chi connectivity index (χ2v) is 7.48. The van der Waals surface area contributed by atoms with E-state index in [1.165, 1.54) is 11.3 Å². The first-order chi connectivity index (χ1) is 11.7. The predicted molar refractivity (Wildman–Crippen MR) is 88.2 cm³/mol. The average molecular weight is 345 g/mol. The van der Waals surface area contributed by atoms with Gasteiger partial charge in [0, 0.05) is 17.2 Å². The first-order valence-electron chi connectivity index (χ1n) is 8.39. The highest BCUT2D eigenvalue weighted by Crippen LogP contribution is 2.40. The number of rotatable bonds is 4. The molecule has 4 rings (SSSR count). The van der Waals surface area contributed by atoms with Crippen LogP contribution in [0.5, 0.6) is 0 Å². The van der Waals surface area contributed by atoms with Gasteiger partial charge in [-0.05, 0) is 37.8 Å². The summed E-state index contributed by atoms with van der Waals surface area (Å²) in [7, 11) is 0. The average Bonchev–Trinajstić information content (AvgIpc) is 3.23. The van der Waals surface area contributed by atoms with Gasteiger partial charge in [0.1, 0.15) is 12.4 Å². The Hall–Kier alpha value is -1.95. The minimum Gasteiger partial charge on any atom is -0.462 e. The highest BCUT2D eigenvalue weighted by Gasteiger charge is 2.41. The van der Waals surface area contributed by atoms with Crippen LogP contribution >= 0.6 is 11.3 Å². The van der Waals surface area contributed by atoms with Crippen molar-refractivity contribution in [3.05, 3.63) is 29.5 Å². The van der Waals surface area contributed by atoms with E-state index in [-0.39, 0.29) is 30.3 Å². The molecule has 126 valence electrons. The molecule has 0 saturated heterocycles. The molecule has 2 bridgehead atoms. The van der Waals surface area contributed by atoms with Crippen LogP contribution < -0.4 is 0 Å². The second-order valence-electron chi connectivity index (χ2n) is 6.62. The van der Waals surface area contributed by atoms with Gasteiger partial charge in [0.15, 0.2) is 10.8 Å². The molecule has 5 nitrogen and oxygen atoms in total. The van der Waals surface area contributed by atoms with E-state index in [9.17, 15) is 9.59 Å². The summed E-state index contributed by atoms with van der Waals surface area (Å²) < 4.78 is 10.8. The summed E-state index contributed by atoms with van der Waals surface area (Å²) in [5.41, 5.74) is 0.729. The molecule has 0 amide bonds. The highest BCUT2D eigenvalue weighted by atomic mass is 32.1. The summed E-state index contributed by atoms with van der Waals surface area (Å²) in [5, 5.41) is 2.66. The highest BCUT2D eigenvalue weighted by molar-refractivity contribution is 7.13. The summed E-state index contributed by atoms with van der Waals surface area (Å²) in [5.74, 6) is 0.900. The van der Waals surface area contributed by atoms with Crippen LogP contribution in [0.1, 0.15) is 37.8 Å². The van der Waals surface area contributed by atoms with Crippen LogP contribution in [0.25, 0.3) is 10.8 Å². The van der Waals surface area contributed by atoms with Gasteiger partial charge in [-0.2, -0.15) is 0 Å². The van der Waals surface area contributed by atoms with E-state index >= 15 is 0 Å². The van der Waals surface area contributed by atoms with Crippen LogP contribution in [0.3, 0.4) is 0 Å². The summed E-state index contributed by atoms with van der Waals surface area (Å²) in [4.78, 5) is 28.9. The largest absolute Gasteiger partial charge is 0.462 e. The fourth-order valence-corrected chi connectivity index (χ4v) is 4.59. The molecule has 24 heavy (non-hydrogen) atoms. The van der Waals surface area contributed by atoms with Gasteiger partial charge >= 0.3 is 5.97 Å². The van der Waals surface area contributed by atoms with Gasteiger partial charge in [-0.3, -0.25) is 9.59 Å². The van der Waals surface area contributed by atoms with E-state index < -0.39 is 0 Å². The molecule has 0 aromatic carbocycles. The lowest BCUT2D eigenvalue weighted by Crippen LogP contribution is -2.39. The van der Waals surface area contributed by atoms with E-state index in [0.29, 0.717) is 18.6 Å². The number of carbonyl (C=O) groups is 2. The molecule has 0 N–H and O–H groups in total. The zero-order valence-corrected chi connectivity index (χ0v) is 14.1. The van der Waals surface area contributed by atoms with Crippen molar-refractivity contribution in [3.8, 4) is 10.8 Å². The molecular formula is C18H19NO4S. The zero-order valence-electron chi connectivity index (χ0n) is 13.3. The fraction of sp³-hybridized carbons (Fsp3) is 0.500. The SMILES string of the molecule is O=C(OCc1csc(-c2ccco2)n1)C1CC2CCCC(C1)C2=O. The number of hydrogen-bond donors (Lipinski definition) is 0. The number of carbonyl (C=O) groups excluding carboxylic acids is 2. The smallest absolute Gasteiger partial charge is 0.309 e. The molecule has 2 aromatic rings. The summed E-state index contributed by atoms with van der Waals surface area (Å²) in [6.07, 6.45) is 5.88. The minimum atomic E-state index is -0.188. The van der Waals surface area contributed by atoms with Gasteiger partial charge in [-0.15, -0.1) is 11.3 Å². The molecular weight excluding hydrogens is 326 g/mol. The van der Waals surface area contributed by atoms with Crippen LogP contribution in [0.15, 0.2) is 28.2 Å². The van der Waals surface area contributed by atoms with Crippen molar-refractivity contribution in [2.24, 2.45) is 17.8 Å². The maximum Gasteiger partial charge on any atom is 0.309 e. The third kappa shape index (κ3) is 3.02.